The molecule has 3 heterocycles. The van der Waals surface area contributed by atoms with E-state index in [4.69, 9.17) is 0 Å². The average Bonchev–Trinajstić information content (AvgIpc) is 0.733. The maximum atomic E-state index is 2.49. The van der Waals surface area contributed by atoms with Crippen LogP contribution in [0.2, 0.25) is 24.7 Å². The first-order valence-electron chi connectivity index (χ1n) is 39.4. The lowest BCUT2D eigenvalue weighted by Gasteiger charge is -2.44. The number of benzene rings is 14. The molecule has 0 unspecified atom stereocenters. The van der Waals surface area contributed by atoms with Crippen molar-refractivity contribution in [3.63, 3.8) is 0 Å². The predicted molar refractivity (Wildman–Crippen MR) is 486 cm³/mol. The molecule has 0 aliphatic heterocycles. The molecule has 0 N–H and O–H groups in total. The molecule has 3 aromatic heterocycles. The summed E-state index contributed by atoms with van der Waals surface area (Å²) in [4.78, 5) is 0. The van der Waals surface area contributed by atoms with Gasteiger partial charge in [-0.3, -0.25) is 0 Å². The Kier molecular flexibility index (Phi) is 21.6. The minimum atomic E-state index is -2.42. The molecule has 0 saturated carbocycles. The van der Waals surface area contributed by atoms with Crippen LogP contribution in [0.25, 0.3) is 99.5 Å². The third kappa shape index (κ3) is 14.7. The Morgan fingerprint density at radius 1 is 0.232 bits per heavy atom. The van der Waals surface area contributed by atoms with Gasteiger partial charge in [0.25, 0.3) is 0 Å². The molecule has 0 spiro atoms. The summed E-state index contributed by atoms with van der Waals surface area (Å²) in [5, 5.41) is 19.4. The maximum Gasteiger partial charge on any atom is 0.220 e. The maximum absolute atomic E-state index is 2.49. The molecule has 548 valence electrons. The molecule has 0 saturated heterocycles. The van der Waals surface area contributed by atoms with Crippen LogP contribution in [-0.4, -0.2) is 24.2 Å². The fraction of sp³-hybridized carbons (Fsp3) is 0.123. The van der Waals surface area contributed by atoms with E-state index in [2.05, 4.69) is 485 Å². The van der Waals surface area contributed by atoms with Gasteiger partial charge in [0, 0.05) is 34.9 Å². The van der Waals surface area contributed by atoms with Gasteiger partial charge in [0.05, 0.1) is 16.2 Å². The molecule has 0 aliphatic rings. The number of hydrogen-bond donors (Lipinski definition) is 0. The second kappa shape index (κ2) is 32.1. The number of hydrogen-bond acceptors (Lipinski definition) is 0. The molecular weight excluding hydrogens is 1400 g/mol. The van der Waals surface area contributed by atoms with Crippen molar-refractivity contribution in [3.05, 3.63) is 405 Å². The van der Waals surface area contributed by atoms with Crippen LogP contribution in [0, 0.1) is 20.8 Å². The highest BCUT2D eigenvalue weighted by molar-refractivity contribution is 7.13. The highest BCUT2D eigenvalue weighted by Gasteiger charge is 2.49. The molecule has 0 radical (unpaired) electrons. The number of aryl methyl sites for hydroxylation is 6. The number of rotatable bonds is 14. The third-order valence-corrected chi connectivity index (χ3v) is 37.4. The Balaban J connectivity index is 0.000000134. The van der Waals surface area contributed by atoms with Gasteiger partial charge in [-0.1, -0.05) is 366 Å². The largest absolute Gasteiger partial charge is 0.220 e. The molecule has 6 heteroatoms. The smallest absolute Gasteiger partial charge is 0.200 e. The molecule has 17 rings (SSSR count). The number of fused-ring (bicyclic) bond motifs is 3. The van der Waals surface area contributed by atoms with E-state index in [-0.39, 0.29) is 5.04 Å². The lowest BCUT2D eigenvalue weighted by molar-refractivity contribution is -0.659. The van der Waals surface area contributed by atoms with Crippen LogP contribution in [-0.2, 0) is 21.1 Å². The molecule has 14 aromatic carbocycles. The number of nitrogens with zero attached hydrogens (tertiary/aromatic N) is 3. The first kappa shape index (κ1) is 75.4. The fourth-order valence-corrected chi connectivity index (χ4v) is 29.2. The van der Waals surface area contributed by atoms with E-state index in [0.717, 1.165) is 0 Å². The van der Waals surface area contributed by atoms with E-state index in [9.17, 15) is 0 Å². The summed E-state index contributed by atoms with van der Waals surface area (Å²) in [6, 6.07) is 136. The predicted octanol–water partition coefficient (Wildman–Crippen LogP) is 20.1. The highest BCUT2D eigenvalue weighted by Crippen LogP contribution is 2.39. The second-order valence-corrected chi connectivity index (χ2v) is 45.1. The Morgan fingerprint density at radius 2 is 0.500 bits per heavy atom. The molecule has 17 aromatic rings. The van der Waals surface area contributed by atoms with Crippen molar-refractivity contribution in [1.29, 1.82) is 0 Å². The first-order valence-corrected chi connectivity index (χ1v) is 46.9. The molecule has 3 nitrogen and oxygen atoms in total. The SMILES string of the molecule is Cc1cc(-c2ccccc2)ccc1-c1c2ccc([Si](C)(C)c3ccccc3)cc2cc[n+]1C.Cc1cc(-c2ccccc2)ccc1-c1c2ccc([Si](C)(c3ccccc3)c3ccccc3)cc2cc[n+]1C.Cc1cc(-c2ccccc2)ccc1-c1c2ccc([Si](c3ccccc3)(c3ccccc3)C(C)(C)C)cc2cc[n+]1C. The van der Waals surface area contributed by atoms with E-state index in [0.29, 0.717) is 0 Å². The zero-order valence-electron chi connectivity index (χ0n) is 66.8. The number of pyridine rings is 3. The van der Waals surface area contributed by atoms with Crippen LogP contribution in [0.4, 0.5) is 0 Å². The average molecular weight is 1500 g/mol. The van der Waals surface area contributed by atoms with Crippen molar-refractivity contribution >= 4 is 98.0 Å². The Hall–Kier alpha value is -12.0. The molecule has 0 aliphatic carbocycles. The van der Waals surface area contributed by atoms with Crippen molar-refractivity contribution in [2.45, 2.75) is 66.2 Å². The quantitative estimate of drug-likeness (QED) is 0.0584. The van der Waals surface area contributed by atoms with Crippen LogP contribution in [0.5, 0.6) is 0 Å². The van der Waals surface area contributed by atoms with Gasteiger partial charge in [0.1, 0.15) is 37.3 Å². The van der Waals surface area contributed by atoms with Crippen LogP contribution >= 0.6 is 0 Å². The standard InChI is InChI=1S/C39H38NSi.C36H32NSi.C31H30NSi/c1-29-27-31(30-15-9-6-10-16-30)21-23-36(29)38-37-24-22-35(28-32(37)25-26-40(38)5)41(39(2,3)4,33-17-11-7-12-18-33)34-19-13-8-14-20-34;1-27-25-29(28-13-7-4-8-14-28)19-21-34(27)36-35-22-20-33(26-30(35)23-24-37(36)2)38(3,31-15-9-5-10-16-31)32-17-11-6-12-18-32;1-23-21-25(24-11-7-5-8-12-24)15-17-29(23)31-30-18-16-28(22-26(30)19-20-32(31)2)33(3,4)27-13-9-6-10-14-27/h6-28H,1-5H3;4-26H,1-3H3;5-22H,1-4H3/q3*+1. The van der Waals surface area contributed by atoms with Crippen molar-refractivity contribution in [2.75, 3.05) is 0 Å². The van der Waals surface area contributed by atoms with E-state index in [1.807, 2.05) is 0 Å². The molecule has 0 amide bonds. The molecular formula is C106H100N3Si3+3. The van der Waals surface area contributed by atoms with Crippen LogP contribution in [0.15, 0.2) is 389 Å². The summed E-state index contributed by atoms with van der Waals surface area (Å²) < 4.78 is 6.79. The van der Waals surface area contributed by atoms with Gasteiger partial charge >= 0.3 is 0 Å². The van der Waals surface area contributed by atoms with Crippen LogP contribution in [0.3, 0.4) is 0 Å². The van der Waals surface area contributed by atoms with Gasteiger partial charge in [0.15, 0.2) is 26.7 Å². The summed E-state index contributed by atoms with van der Waals surface area (Å²) in [7, 11) is 0.134. The molecule has 0 fully saturated rings. The summed E-state index contributed by atoms with van der Waals surface area (Å²) in [5.41, 5.74) is 19.0. The Bertz CT molecular complexity index is 6110. The summed E-state index contributed by atoms with van der Waals surface area (Å²) in [6.45, 7) is 21.3. The summed E-state index contributed by atoms with van der Waals surface area (Å²) in [5.74, 6) is 0. The molecule has 112 heavy (non-hydrogen) atoms. The van der Waals surface area contributed by atoms with Crippen LogP contribution in [0.1, 0.15) is 37.5 Å². The van der Waals surface area contributed by atoms with Gasteiger partial charge in [0.2, 0.25) is 17.1 Å². The number of aromatic nitrogens is 3. The van der Waals surface area contributed by atoms with Crippen LogP contribution < -0.4 is 55.2 Å². The fourth-order valence-electron chi connectivity index (χ4n) is 17.5. The summed E-state index contributed by atoms with van der Waals surface area (Å²) >= 11 is 0. The molecule has 0 atom stereocenters. The summed E-state index contributed by atoms with van der Waals surface area (Å²) in [6.07, 6.45) is 6.62. The van der Waals surface area contributed by atoms with Gasteiger partial charge in [-0.25, -0.2) is 13.7 Å². The molecule has 0 bridgehead atoms. The first-order chi connectivity index (χ1) is 54.3. The zero-order valence-corrected chi connectivity index (χ0v) is 69.8. The van der Waals surface area contributed by atoms with Gasteiger partial charge in [-0.15, -0.1) is 0 Å². The van der Waals surface area contributed by atoms with E-state index in [1.54, 1.807) is 0 Å². The Labute approximate surface area is 666 Å². The minimum absolute atomic E-state index is 0.0511. The highest BCUT2D eigenvalue weighted by atomic mass is 28.3. The van der Waals surface area contributed by atoms with Gasteiger partial charge in [-0.2, -0.15) is 0 Å². The van der Waals surface area contributed by atoms with Crippen molar-refractivity contribution in [1.82, 2.24) is 0 Å². The third-order valence-electron chi connectivity index (χ3n) is 23.6. The lowest BCUT2D eigenvalue weighted by atomic mass is 9.95. The van der Waals surface area contributed by atoms with Gasteiger partial charge in [-0.05, 0) is 160 Å². The van der Waals surface area contributed by atoms with E-state index >= 15 is 0 Å². The van der Waals surface area contributed by atoms with E-state index in [1.165, 1.54) is 158 Å². The van der Waals surface area contributed by atoms with Crippen molar-refractivity contribution < 1.29 is 13.7 Å². The van der Waals surface area contributed by atoms with E-state index < -0.39 is 24.2 Å². The van der Waals surface area contributed by atoms with Crippen molar-refractivity contribution in [3.8, 4) is 67.2 Å². The zero-order chi connectivity index (χ0) is 77.7. The topological polar surface area (TPSA) is 11.6 Å². The monoisotopic (exact) mass is 1500 g/mol. The lowest BCUT2D eigenvalue weighted by Crippen LogP contribution is -2.72. The second-order valence-electron chi connectivity index (χ2n) is 32.0. The minimum Gasteiger partial charge on any atom is -0.200 e. The normalized spacial score (nSPS) is 11.8. The van der Waals surface area contributed by atoms with Crippen molar-refractivity contribution in [2.24, 2.45) is 21.1 Å². The Morgan fingerprint density at radius 3 is 0.812 bits per heavy atom. The van der Waals surface area contributed by atoms with Gasteiger partial charge < -0.3 is 0 Å².